The van der Waals surface area contributed by atoms with Crippen LogP contribution in [0.3, 0.4) is 0 Å². The highest BCUT2D eigenvalue weighted by Gasteiger charge is 2.12. The third-order valence-electron chi connectivity index (χ3n) is 3.83. The fourth-order valence-electron chi connectivity index (χ4n) is 2.58. The number of hydrogen-bond donors (Lipinski definition) is 0. The quantitative estimate of drug-likeness (QED) is 0.488. The van der Waals surface area contributed by atoms with Crippen LogP contribution in [-0.4, -0.2) is 29.6 Å². The summed E-state index contributed by atoms with van der Waals surface area (Å²) in [6.45, 7) is 1.62. The molecule has 3 aromatic rings. The lowest BCUT2D eigenvalue weighted by Gasteiger charge is -2.11. The van der Waals surface area contributed by atoms with Crippen LogP contribution in [-0.2, 0) is 0 Å². The van der Waals surface area contributed by atoms with Gasteiger partial charge in [0.2, 0.25) is 0 Å². The third kappa shape index (κ3) is 4.08. The molecule has 0 unspecified atom stereocenters. The summed E-state index contributed by atoms with van der Waals surface area (Å²) in [6, 6.07) is 10.7. The Balaban J connectivity index is 2.04. The summed E-state index contributed by atoms with van der Waals surface area (Å²) < 4.78 is 13.3. The van der Waals surface area contributed by atoms with Gasteiger partial charge in [-0.05, 0) is 58.7 Å². The van der Waals surface area contributed by atoms with Crippen LogP contribution in [0, 0.1) is 18.3 Å². The number of aromatic nitrogens is 2. The Morgan fingerprint density at radius 3 is 2.82 bits per heavy atom. The normalized spacial score (nSPS) is 11.0. The Morgan fingerprint density at radius 2 is 2.11 bits per heavy atom. The van der Waals surface area contributed by atoms with Gasteiger partial charge < -0.3 is 9.47 Å². The molecule has 1 heterocycles. The van der Waals surface area contributed by atoms with Gasteiger partial charge in [-0.3, -0.25) is 4.79 Å². The van der Waals surface area contributed by atoms with Crippen LogP contribution in [0.2, 0.25) is 0 Å². The molecule has 2 aromatic carbocycles. The molecule has 1 aromatic heterocycles. The van der Waals surface area contributed by atoms with Gasteiger partial charge in [-0.25, -0.2) is 4.98 Å². The molecular weight excluding hydrogens is 492 g/mol. The molecule has 0 saturated carbocycles. The molecule has 3 rings (SSSR count). The Morgan fingerprint density at radius 1 is 1.32 bits per heavy atom. The zero-order valence-corrected chi connectivity index (χ0v) is 18.1. The number of halogens is 2. The van der Waals surface area contributed by atoms with Crippen molar-refractivity contribution in [2.75, 3.05) is 13.7 Å². The molecular formula is C19H14Br2N4O3. The van der Waals surface area contributed by atoms with E-state index in [0.717, 1.165) is 4.47 Å². The van der Waals surface area contributed by atoms with Crippen LogP contribution in [0.4, 0.5) is 0 Å². The van der Waals surface area contributed by atoms with E-state index < -0.39 is 0 Å². The highest BCUT2D eigenvalue weighted by molar-refractivity contribution is 9.10. The van der Waals surface area contributed by atoms with Crippen LogP contribution in [0.25, 0.3) is 10.9 Å². The first-order valence-electron chi connectivity index (χ1n) is 8.05. The molecule has 0 atom stereocenters. The number of ether oxygens (including phenoxy) is 2. The largest absolute Gasteiger partial charge is 0.493 e. The van der Waals surface area contributed by atoms with Gasteiger partial charge in [-0.1, -0.05) is 15.9 Å². The maximum absolute atomic E-state index is 12.8. The van der Waals surface area contributed by atoms with Gasteiger partial charge in [-0.2, -0.15) is 15.0 Å². The maximum atomic E-state index is 12.8. The highest BCUT2D eigenvalue weighted by Crippen LogP contribution is 2.36. The molecule has 0 N–H and O–H groups in total. The van der Waals surface area contributed by atoms with Crippen LogP contribution in [0.1, 0.15) is 11.4 Å². The number of methoxy groups -OCH3 is 1. The second-order valence-electron chi connectivity index (χ2n) is 5.66. The average Bonchev–Trinajstić information content (AvgIpc) is 2.67. The number of benzene rings is 2. The zero-order chi connectivity index (χ0) is 20.3. The van der Waals surface area contributed by atoms with E-state index in [1.165, 1.54) is 18.0 Å². The maximum Gasteiger partial charge on any atom is 0.282 e. The zero-order valence-electron chi connectivity index (χ0n) is 14.9. The van der Waals surface area contributed by atoms with Crippen molar-refractivity contribution in [1.82, 2.24) is 9.66 Å². The first-order chi connectivity index (χ1) is 13.4. The Hall–Kier alpha value is -2.70. The van der Waals surface area contributed by atoms with Gasteiger partial charge in [0.1, 0.15) is 11.9 Å². The van der Waals surface area contributed by atoms with E-state index in [2.05, 4.69) is 41.9 Å². The lowest BCUT2D eigenvalue weighted by atomic mass is 10.2. The lowest BCUT2D eigenvalue weighted by molar-refractivity contribution is 0.327. The van der Waals surface area contributed by atoms with Crippen LogP contribution in [0.5, 0.6) is 11.5 Å². The molecule has 0 fully saturated rings. The minimum atomic E-state index is -0.264. The fourth-order valence-corrected chi connectivity index (χ4v) is 3.51. The van der Waals surface area contributed by atoms with Crippen molar-refractivity contribution in [3.8, 4) is 17.6 Å². The molecule has 0 spiro atoms. The minimum Gasteiger partial charge on any atom is -0.493 e. The first-order valence-corrected chi connectivity index (χ1v) is 9.63. The minimum absolute atomic E-state index is 0.102. The molecule has 0 radical (unpaired) electrons. The van der Waals surface area contributed by atoms with E-state index in [9.17, 15) is 4.79 Å². The van der Waals surface area contributed by atoms with Crippen molar-refractivity contribution in [2.24, 2.45) is 5.10 Å². The van der Waals surface area contributed by atoms with Crippen LogP contribution < -0.4 is 15.0 Å². The van der Waals surface area contributed by atoms with E-state index in [1.807, 2.05) is 12.1 Å². The Kier molecular flexibility index (Phi) is 6.11. The number of nitrogens with zero attached hydrogens (tertiary/aromatic N) is 4. The summed E-state index contributed by atoms with van der Waals surface area (Å²) in [5.41, 5.74) is 1.02. The molecule has 0 bridgehead atoms. The number of rotatable bonds is 5. The van der Waals surface area contributed by atoms with Gasteiger partial charge in [0.15, 0.2) is 18.1 Å². The third-order valence-corrected chi connectivity index (χ3v) is 4.91. The molecule has 0 aliphatic carbocycles. The van der Waals surface area contributed by atoms with Gasteiger partial charge in [0.05, 0.1) is 28.7 Å². The molecule has 0 amide bonds. The average molecular weight is 506 g/mol. The summed E-state index contributed by atoms with van der Waals surface area (Å²) in [6.07, 6.45) is 1.53. The lowest BCUT2D eigenvalue weighted by Crippen LogP contribution is -2.20. The topological polar surface area (TPSA) is 89.5 Å². The van der Waals surface area contributed by atoms with E-state index in [1.54, 1.807) is 31.2 Å². The van der Waals surface area contributed by atoms with Crippen molar-refractivity contribution in [1.29, 1.82) is 5.26 Å². The van der Waals surface area contributed by atoms with E-state index in [4.69, 9.17) is 14.7 Å². The second-order valence-corrected chi connectivity index (χ2v) is 7.43. The van der Waals surface area contributed by atoms with Crippen molar-refractivity contribution in [3.63, 3.8) is 0 Å². The van der Waals surface area contributed by atoms with Crippen molar-refractivity contribution in [3.05, 3.63) is 61.0 Å². The number of hydrogen-bond acceptors (Lipinski definition) is 6. The van der Waals surface area contributed by atoms with Crippen LogP contribution >= 0.6 is 31.9 Å². The summed E-state index contributed by atoms with van der Waals surface area (Å²) in [5.74, 6) is 1.33. The number of fused-ring (bicyclic) bond motifs is 1. The van der Waals surface area contributed by atoms with Crippen molar-refractivity contribution < 1.29 is 9.47 Å². The van der Waals surface area contributed by atoms with Crippen molar-refractivity contribution in [2.45, 2.75) is 6.92 Å². The molecule has 7 nitrogen and oxygen atoms in total. The predicted molar refractivity (Wildman–Crippen MR) is 113 cm³/mol. The molecule has 0 aliphatic heterocycles. The number of nitriles is 1. The number of aryl methyl sites for hydroxylation is 1. The summed E-state index contributed by atoms with van der Waals surface area (Å²) in [7, 11) is 1.50. The fraction of sp³-hybridized carbons (Fsp3) is 0.158. The van der Waals surface area contributed by atoms with Gasteiger partial charge in [0, 0.05) is 4.47 Å². The smallest absolute Gasteiger partial charge is 0.282 e. The van der Waals surface area contributed by atoms with Crippen LogP contribution in [0.15, 0.2) is 49.2 Å². The molecule has 0 aliphatic rings. The molecule has 0 saturated heterocycles. The standard InChI is InChI=1S/C19H14Br2N4O3/c1-11-24-16-4-3-13(20)9-14(16)19(26)25(11)23-10-12-7-15(21)18(28-6-5-22)17(8-12)27-2/h3-4,7-10H,6H2,1-2H3. The summed E-state index contributed by atoms with van der Waals surface area (Å²) in [5, 5.41) is 13.5. The van der Waals surface area contributed by atoms with E-state index in [0.29, 0.717) is 38.3 Å². The Labute approximate surface area is 177 Å². The Bertz CT molecular complexity index is 1180. The predicted octanol–water partition coefficient (Wildman–Crippen LogP) is 4.02. The summed E-state index contributed by atoms with van der Waals surface area (Å²) >= 11 is 6.77. The first kappa shape index (κ1) is 20.0. The molecule has 9 heteroatoms. The van der Waals surface area contributed by atoms with Gasteiger partial charge in [-0.15, -0.1) is 0 Å². The molecule has 28 heavy (non-hydrogen) atoms. The SMILES string of the molecule is COc1cc(C=Nn2c(C)nc3ccc(Br)cc3c2=O)cc(Br)c1OCC#N. The van der Waals surface area contributed by atoms with E-state index in [-0.39, 0.29) is 12.2 Å². The van der Waals surface area contributed by atoms with Gasteiger partial charge >= 0.3 is 0 Å². The van der Waals surface area contributed by atoms with Crippen molar-refractivity contribution >= 4 is 49.0 Å². The highest BCUT2D eigenvalue weighted by atomic mass is 79.9. The van der Waals surface area contributed by atoms with Gasteiger partial charge in [0.25, 0.3) is 5.56 Å². The monoisotopic (exact) mass is 504 g/mol. The summed E-state index contributed by atoms with van der Waals surface area (Å²) in [4.78, 5) is 17.2. The molecule has 142 valence electrons. The van der Waals surface area contributed by atoms with E-state index >= 15 is 0 Å². The second kappa shape index (κ2) is 8.54.